The van der Waals surface area contributed by atoms with Gasteiger partial charge in [-0.25, -0.2) is 0 Å². The Bertz CT molecular complexity index is 312. The molecule has 3 aliphatic rings. The van der Waals surface area contributed by atoms with Gasteiger partial charge in [0.15, 0.2) is 0 Å². The van der Waals surface area contributed by atoms with Crippen LogP contribution in [0, 0.1) is 17.3 Å². The van der Waals surface area contributed by atoms with Gasteiger partial charge in [-0.3, -0.25) is 4.79 Å². The molecule has 0 aromatic rings. The maximum atomic E-state index is 11.7. The Balaban J connectivity index is 2.47. The Labute approximate surface area is 85.0 Å². The third-order valence-electron chi connectivity index (χ3n) is 4.22. The third-order valence-corrected chi connectivity index (χ3v) is 4.22. The molecule has 0 spiro atoms. The molecule has 78 valence electrons. The molecule has 3 rings (SSSR count). The minimum Gasteiger partial charge on any atom is -0.385 e. The van der Waals surface area contributed by atoms with Gasteiger partial charge in [-0.1, -0.05) is 20.4 Å². The summed E-state index contributed by atoms with van der Waals surface area (Å²) in [5.41, 5.74) is -0.0538. The van der Waals surface area contributed by atoms with Gasteiger partial charge >= 0.3 is 0 Å². The van der Waals surface area contributed by atoms with Crippen molar-refractivity contribution >= 4 is 5.78 Å². The molecule has 0 aliphatic heterocycles. The minimum atomic E-state index is -0.847. The van der Waals surface area contributed by atoms with E-state index in [1.807, 2.05) is 0 Å². The number of carbonyl (C=O) groups excluding carboxylic acids is 1. The van der Waals surface area contributed by atoms with Gasteiger partial charge in [0.25, 0.3) is 0 Å². The van der Waals surface area contributed by atoms with Crippen molar-refractivity contribution in [1.29, 1.82) is 0 Å². The van der Waals surface area contributed by atoms with E-state index in [0.29, 0.717) is 6.42 Å². The van der Waals surface area contributed by atoms with Crippen molar-refractivity contribution in [1.82, 2.24) is 0 Å². The first-order valence-electron chi connectivity index (χ1n) is 5.21. The lowest BCUT2D eigenvalue weighted by atomic mass is 9.50. The van der Waals surface area contributed by atoms with Crippen LogP contribution in [0.15, 0.2) is 12.2 Å². The number of hydrogen-bond acceptors (Lipinski definition) is 2. The van der Waals surface area contributed by atoms with E-state index in [9.17, 15) is 9.90 Å². The number of rotatable bonds is 0. The highest BCUT2D eigenvalue weighted by Gasteiger charge is 2.57. The van der Waals surface area contributed by atoms with E-state index in [4.69, 9.17) is 0 Å². The quantitative estimate of drug-likeness (QED) is 0.598. The van der Waals surface area contributed by atoms with E-state index in [1.54, 1.807) is 6.92 Å². The maximum absolute atomic E-state index is 11.7. The summed E-state index contributed by atoms with van der Waals surface area (Å²) in [6.45, 7) is 9.97. The van der Waals surface area contributed by atoms with E-state index < -0.39 is 5.60 Å². The van der Waals surface area contributed by atoms with E-state index in [2.05, 4.69) is 20.4 Å². The Morgan fingerprint density at radius 3 is 2.50 bits per heavy atom. The van der Waals surface area contributed by atoms with Gasteiger partial charge in [-0.2, -0.15) is 0 Å². The van der Waals surface area contributed by atoms with Crippen LogP contribution in [0.2, 0.25) is 0 Å². The monoisotopic (exact) mass is 194 g/mol. The van der Waals surface area contributed by atoms with Gasteiger partial charge < -0.3 is 5.11 Å². The van der Waals surface area contributed by atoms with Gasteiger partial charge in [0, 0.05) is 18.3 Å². The predicted octanol–water partition coefficient (Wildman–Crippen LogP) is 1.93. The summed E-state index contributed by atoms with van der Waals surface area (Å²) in [5, 5.41) is 10.3. The van der Waals surface area contributed by atoms with Crippen LogP contribution in [0.5, 0.6) is 0 Å². The van der Waals surface area contributed by atoms with Crippen molar-refractivity contribution in [2.45, 2.75) is 39.2 Å². The maximum Gasteiger partial charge on any atom is 0.140 e. The van der Waals surface area contributed by atoms with Crippen LogP contribution in [0.3, 0.4) is 0 Å². The van der Waals surface area contributed by atoms with Crippen molar-refractivity contribution in [3.05, 3.63) is 12.2 Å². The molecular weight excluding hydrogens is 176 g/mol. The lowest BCUT2D eigenvalue weighted by Crippen LogP contribution is -2.58. The molecule has 2 heteroatoms. The van der Waals surface area contributed by atoms with E-state index >= 15 is 0 Å². The lowest BCUT2D eigenvalue weighted by molar-refractivity contribution is -0.148. The summed E-state index contributed by atoms with van der Waals surface area (Å²) in [4.78, 5) is 11.7. The molecule has 2 nitrogen and oxygen atoms in total. The van der Waals surface area contributed by atoms with E-state index in [-0.39, 0.29) is 23.0 Å². The summed E-state index contributed by atoms with van der Waals surface area (Å²) in [5.74, 6) is 0.204. The van der Waals surface area contributed by atoms with Crippen LogP contribution >= 0.6 is 0 Å². The van der Waals surface area contributed by atoms with Crippen LogP contribution in [-0.4, -0.2) is 16.5 Å². The Morgan fingerprint density at radius 2 is 2.00 bits per heavy atom. The smallest absolute Gasteiger partial charge is 0.140 e. The predicted molar refractivity (Wildman–Crippen MR) is 54.8 cm³/mol. The molecule has 3 fully saturated rings. The molecular formula is C12H18O2. The SMILES string of the molecule is C=C1[C@@H]2CC(C)(C)[C@@H](CC2=O)[C@@]1(C)O. The first kappa shape index (κ1) is 9.91. The highest BCUT2D eigenvalue weighted by Crippen LogP contribution is 2.56. The second-order valence-electron chi connectivity index (χ2n) is 5.64. The second-order valence-corrected chi connectivity index (χ2v) is 5.64. The van der Waals surface area contributed by atoms with Gasteiger partial charge in [-0.05, 0) is 24.3 Å². The first-order chi connectivity index (χ1) is 6.27. The number of Topliss-reactive ketones (excluding diaryl/α,β-unsaturated/α-hetero) is 1. The Hall–Kier alpha value is -0.630. The topological polar surface area (TPSA) is 37.3 Å². The molecule has 14 heavy (non-hydrogen) atoms. The van der Waals surface area contributed by atoms with Crippen molar-refractivity contribution in [2.24, 2.45) is 17.3 Å². The lowest BCUT2D eigenvalue weighted by Gasteiger charge is -2.56. The first-order valence-corrected chi connectivity index (χ1v) is 5.21. The van der Waals surface area contributed by atoms with E-state index in [1.165, 1.54) is 0 Å². The number of fused-ring (bicyclic) bond motifs is 3. The van der Waals surface area contributed by atoms with Crippen molar-refractivity contribution in [2.75, 3.05) is 0 Å². The summed E-state index contributed by atoms with van der Waals surface area (Å²) >= 11 is 0. The zero-order chi connectivity index (χ0) is 10.7. The van der Waals surface area contributed by atoms with Crippen LogP contribution in [0.1, 0.15) is 33.6 Å². The molecule has 2 bridgehead atoms. The molecule has 0 saturated heterocycles. The summed E-state index contributed by atoms with van der Waals surface area (Å²) in [6.07, 6.45) is 1.37. The molecule has 3 saturated carbocycles. The average Bonchev–Trinajstić information content (AvgIpc) is 2.04. The number of carbonyl (C=O) groups is 1. The summed E-state index contributed by atoms with van der Waals surface area (Å²) < 4.78 is 0. The molecule has 3 atom stereocenters. The molecule has 1 N–H and O–H groups in total. The number of aliphatic hydroxyl groups is 1. The molecule has 0 aromatic heterocycles. The fourth-order valence-corrected chi connectivity index (χ4v) is 3.26. The molecule has 0 heterocycles. The van der Waals surface area contributed by atoms with Crippen LogP contribution in [0.4, 0.5) is 0 Å². The standard InChI is InChI=1S/C12H18O2/c1-7-8-6-11(2,3)10(5-9(8)13)12(7,4)14/h8,10,14H,1,5-6H2,2-4H3/t8-,10+,12-/m0/s1. The molecule has 0 radical (unpaired) electrons. The Morgan fingerprint density at radius 1 is 1.43 bits per heavy atom. The van der Waals surface area contributed by atoms with Gasteiger partial charge in [0.1, 0.15) is 5.78 Å². The molecule has 3 aliphatic carbocycles. The van der Waals surface area contributed by atoms with Gasteiger partial charge in [-0.15, -0.1) is 0 Å². The van der Waals surface area contributed by atoms with Crippen molar-refractivity contribution < 1.29 is 9.90 Å². The Kier molecular flexibility index (Phi) is 1.76. The zero-order valence-corrected chi connectivity index (χ0v) is 9.13. The molecule has 0 amide bonds. The number of hydrogen-bond donors (Lipinski definition) is 1. The fraction of sp³-hybridized carbons (Fsp3) is 0.750. The average molecular weight is 194 g/mol. The van der Waals surface area contributed by atoms with Crippen LogP contribution in [0.25, 0.3) is 0 Å². The zero-order valence-electron chi connectivity index (χ0n) is 9.13. The highest BCUT2D eigenvalue weighted by molar-refractivity contribution is 5.87. The van der Waals surface area contributed by atoms with Gasteiger partial charge in [0.2, 0.25) is 0 Å². The van der Waals surface area contributed by atoms with E-state index in [0.717, 1.165) is 12.0 Å². The van der Waals surface area contributed by atoms with Crippen molar-refractivity contribution in [3.63, 3.8) is 0 Å². The third kappa shape index (κ3) is 1.04. The van der Waals surface area contributed by atoms with Crippen LogP contribution < -0.4 is 0 Å². The summed E-state index contributed by atoms with van der Waals surface area (Å²) in [7, 11) is 0. The largest absolute Gasteiger partial charge is 0.385 e. The van der Waals surface area contributed by atoms with Crippen molar-refractivity contribution in [3.8, 4) is 0 Å². The minimum absolute atomic E-state index is 0.0417. The molecule has 0 aromatic carbocycles. The summed E-state index contributed by atoms with van der Waals surface area (Å²) in [6, 6.07) is 0. The fourth-order valence-electron chi connectivity index (χ4n) is 3.26. The second kappa shape index (κ2) is 2.48. The highest BCUT2D eigenvalue weighted by atomic mass is 16.3. The normalized spacial score (nSPS) is 45.7. The number of ketones is 1. The van der Waals surface area contributed by atoms with Crippen LogP contribution in [-0.2, 0) is 4.79 Å². The molecule has 0 unspecified atom stereocenters. The van der Waals surface area contributed by atoms with Gasteiger partial charge in [0.05, 0.1) is 5.60 Å².